The second-order valence-corrected chi connectivity index (χ2v) is 5.55. The minimum Gasteiger partial charge on any atom is -0.342 e. The lowest BCUT2D eigenvalue weighted by atomic mass is 10.1. The van der Waals surface area contributed by atoms with Gasteiger partial charge in [0.1, 0.15) is 0 Å². The van der Waals surface area contributed by atoms with Crippen molar-refractivity contribution in [2.24, 2.45) is 0 Å². The summed E-state index contributed by atoms with van der Waals surface area (Å²) in [5, 5.41) is 0.275. The molecule has 0 aromatic carbocycles. The van der Waals surface area contributed by atoms with E-state index in [1.165, 1.54) is 44.9 Å². The van der Waals surface area contributed by atoms with Crippen LogP contribution in [0.3, 0.4) is 0 Å². The molecule has 0 bridgehead atoms. The van der Waals surface area contributed by atoms with E-state index in [9.17, 15) is 4.79 Å². The molecular formula is C13H25NOS. The number of rotatable bonds is 8. The fourth-order valence-corrected chi connectivity index (χ4v) is 2.58. The molecule has 0 N–H and O–H groups in total. The number of nitrogens with zero attached hydrogens (tertiary/aromatic N) is 1. The zero-order valence-electron chi connectivity index (χ0n) is 10.5. The number of unbranched alkanes of at least 4 members (excludes halogenated alkanes) is 6. The van der Waals surface area contributed by atoms with Gasteiger partial charge >= 0.3 is 0 Å². The topological polar surface area (TPSA) is 20.3 Å². The molecule has 3 heteroatoms. The predicted octanol–water partition coefficient (Wildman–Crippen LogP) is 3.27. The van der Waals surface area contributed by atoms with Crippen LogP contribution in [-0.4, -0.2) is 29.1 Å². The number of hydrogen-bond donors (Lipinski definition) is 1. The van der Waals surface area contributed by atoms with Crippen LogP contribution in [0.15, 0.2) is 0 Å². The number of amides is 1. The van der Waals surface area contributed by atoms with E-state index in [1.54, 1.807) is 0 Å². The number of thiol groups is 1. The predicted molar refractivity (Wildman–Crippen MR) is 72.0 cm³/mol. The van der Waals surface area contributed by atoms with Crippen molar-refractivity contribution in [3.8, 4) is 0 Å². The molecule has 1 unspecified atom stereocenters. The van der Waals surface area contributed by atoms with Crippen molar-refractivity contribution in [2.75, 3.05) is 13.1 Å². The Bertz CT molecular complexity index is 208. The van der Waals surface area contributed by atoms with Crippen LogP contribution < -0.4 is 0 Å². The molecule has 0 aliphatic carbocycles. The first-order chi connectivity index (χ1) is 7.74. The highest BCUT2D eigenvalue weighted by Gasteiger charge is 2.26. The summed E-state index contributed by atoms with van der Waals surface area (Å²) < 4.78 is 0. The molecule has 0 aromatic rings. The van der Waals surface area contributed by atoms with E-state index in [4.69, 9.17) is 0 Å². The summed E-state index contributed by atoms with van der Waals surface area (Å²) in [5.41, 5.74) is 0. The minimum absolute atomic E-state index is 0.275. The van der Waals surface area contributed by atoms with E-state index in [-0.39, 0.29) is 5.25 Å². The highest BCUT2D eigenvalue weighted by molar-refractivity contribution is 7.81. The van der Waals surface area contributed by atoms with Crippen LogP contribution in [-0.2, 0) is 4.79 Å². The number of carbonyl (C=O) groups is 1. The monoisotopic (exact) mass is 243 g/mol. The SMILES string of the molecule is CCCCCCCCCN1CC(S)CC1=O. The van der Waals surface area contributed by atoms with Gasteiger partial charge in [0.15, 0.2) is 0 Å². The first-order valence-corrected chi connectivity index (χ1v) is 7.21. The molecule has 1 amide bonds. The van der Waals surface area contributed by atoms with E-state index in [1.807, 2.05) is 4.90 Å². The van der Waals surface area contributed by atoms with Gasteiger partial charge in [-0.2, -0.15) is 12.6 Å². The largest absolute Gasteiger partial charge is 0.342 e. The molecule has 1 heterocycles. The van der Waals surface area contributed by atoms with Crippen LogP contribution in [0.2, 0.25) is 0 Å². The molecule has 0 saturated carbocycles. The van der Waals surface area contributed by atoms with E-state index >= 15 is 0 Å². The van der Waals surface area contributed by atoms with Crippen molar-refractivity contribution >= 4 is 18.5 Å². The van der Waals surface area contributed by atoms with Crippen molar-refractivity contribution < 1.29 is 4.79 Å². The zero-order valence-corrected chi connectivity index (χ0v) is 11.3. The second-order valence-electron chi connectivity index (χ2n) is 4.82. The van der Waals surface area contributed by atoms with Crippen molar-refractivity contribution in [1.82, 2.24) is 4.90 Å². The average Bonchev–Trinajstić information content (AvgIpc) is 2.56. The highest BCUT2D eigenvalue weighted by Crippen LogP contribution is 2.16. The molecule has 0 spiro atoms. The Morgan fingerprint density at radius 1 is 1.19 bits per heavy atom. The van der Waals surface area contributed by atoms with Gasteiger partial charge in [0.25, 0.3) is 0 Å². The van der Waals surface area contributed by atoms with Gasteiger partial charge in [0.2, 0.25) is 5.91 Å². The van der Waals surface area contributed by atoms with Crippen LogP contribution in [0.4, 0.5) is 0 Å². The molecule has 1 saturated heterocycles. The fraction of sp³-hybridized carbons (Fsp3) is 0.923. The maximum Gasteiger partial charge on any atom is 0.223 e. The van der Waals surface area contributed by atoms with E-state index in [2.05, 4.69) is 19.6 Å². The summed E-state index contributed by atoms with van der Waals surface area (Å²) in [7, 11) is 0. The molecule has 2 nitrogen and oxygen atoms in total. The van der Waals surface area contributed by atoms with Gasteiger partial charge in [-0.05, 0) is 6.42 Å². The van der Waals surface area contributed by atoms with E-state index in [0.29, 0.717) is 12.3 Å². The quantitative estimate of drug-likeness (QED) is 0.512. The molecular weight excluding hydrogens is 218 g/mol. The number of likely N-dealkylation sites (tertiary alicyclic amines) is 1. The summed E-state index contributed by atoms with van der Waals surface area (Å²) in [6.45, 7) is 4.05. The van der Waals surface area contributed by atoms with Crippen LogP contribution in [0.25, 0.3) is 0 Å². The van der Waals surface area contributed by atoms with Crippen molar-refractivity contribution in [1.29, 1.82) is 0 Å². The van der Waals surface area contributed by atoms with Crippen molar-refractivity contribution in [3.05, 3.63) is 0 Å². The van der Waals surface area contributed by atoms with Gasteiger partial charge in [0, 0.05) is 24.8 Å². The lowest BCUT2D eigenvalue weighted by molar-refractivity contribution is -0.127. The molecule has 1 aliphatic heterocycles. The zero-order chi connectivity index (χ0) is 11.8. The van der Waals surface area contributed by atoms with Gasteiger partial charge in [-0.25, -0.2) is 0 Å². The molecule has 1 aliphatic rings. The summed E-state index contributed by atoms with van der Waals surface area (Å²) in [6, 6.07) is 0. The lowest BCUT2D eigenvalue weighted by Gasteiger charge is -2.15. The van der Waals surface area contributed by atoms with Gasteiger partial charge < -0.3 is 4.90 Å². The second kappa shape index (κ2) is 7.99. The maximum atomic E-state index is 11.5. The van der Waals surface area contributed by atoms with Crippen molar-refractivity contribution in [2.45, 2.75) is 63.5 Å². The van der Waals surface area contributed by atoms with Crippen LogP contribution in [0, 0.1) is 0 Å². The van der Waals surface area contributed by atoms with Gasteiger partial charge in [0.05, 0.1) is 0 Å². The Hall–Kier alpha value is -0.180. The summed E-state index contributed by atoms with van der Waals surface area (Å²) in [6.07, 6.45) is 9.81. The lowest BCUT2D eigenvalue weighted by Crippen LogP contribution is -2.26. The molecule has 1 fully saturated rings. The third kappa shape index (κ3) is 5.24. The Balaban J connectivity index is 1.93. The van der Waals surface area contributed by atoms with Crippen molar-refractivity contribution in [3.63, 3.8) is 0 Å². The third-order valence-corrected chi connectivity index (χ3v) is 3.57. The number of hydrogen-bond acceptors (Lipinski definition) is 2. The summed E-state index contributed by atoms with van der Waals surface area (Å²) in [5.74, 6) is 0.297. The van der Waals surface area contributed by atoms with Gasteiger partial charge in [-0.15, -0.1) is 0 Å². The molecule has 0 radical (unpaired) electrons. The number of carbonyl (C=O) groups excluding carboxylic acids is 1. The van der Waals surface area contributed by atoms with E-state index in [0.717, 1.165) is 13.1 Å². The van der Waals surface area contributed by atoms with Gasteiger partial charge in [-0.3, -0.25) is 4.79 Å². The fourth-order valence-electron chi connectivity index (χ4n) is 2.23. The standard InChI is InChI=1S/C13H25NOS/c1-2-3-4-5-6-7-8-9-14-11-12(16)10-13(14)15/h12,16H,2-11H2,1H3. The highest BCUT2D eigenvalue weighted by atomic mass is 32.1. The van der Waals surface area contributed by atoms with E-state index < -0.39 is 0 Å². The Morgan fingerprint density at radius 3 is 2.38 bits per heavy atom. The maximum absolute atomic E-state index is 11.5. The molecule has 1 rings (SSSR count). The first kappa shape index (κ1) is 13.9. The Morgan fingerprint density at radius 2 is 1.81 bits per heavy atom. The molecule has 94 valence electrons. The normalized spacial score (nSPS) is 20.8. The first-order valence-electron chi connectivity index (χ1n) is 6.70. The van der Waals surface area contributed by atoms with Crippen LogP contribution in [0.5, 0.6) is 0 Å². The Kier molecular flexibility index (Phi) is 6.93. The van der Waals surface area contributed by atoms with Crippen LogP contribution in [0.1, 0.15) is 58.3 Å². The molecule has 1 atom stereocenters. The smallest absolute Gasteiger partial charge is 0.223 e. The minimum atomic E-state index is 0.275. The summed E-state index contributed by atoms with van der Waals surface area (Å²) in [4.78, 5) is 13.4. The average molecular weight is 243 g/mol. The molecule has 16 heavy (non-hydrogen) atoms. The third-order valence-electron chi connectivity index (χ3n) is 3.23. The molecule has 0 aromatic heterocycles. The van der Waals surface area contributed by atoms with Crippen LogP contribution >= 0.6 is 12.6 Å². The van der Waals surface area contributed by atoms with Gasteiger partial charge in [-0.1, -0.05) is 45.4 Å². The summed E-state index contributed by atoms with van der Waals surface area (Å²) >= 11 is 4.35. The Labute approximate surface area is 105 Å².